The molecule has 25 heavy (non-hydrogen) atoms. The van der Waals surface area contributed by atoms with Crippen molar-refractivity contribution < 1.29 is 23.8 Å². The minimum atomic E-state index is -1.10. The molecule has 0 aliphatic heterocycles. The number of carbonyl (C=O) groups is 2. The van der Waals surface area contributed by atoms with E-state index in [1.807, 2.05) is 0 Å². The van der Waals surface area contributed by atoms with Crippen LogP contribution in [0.5, 0.6) is 5.75 Å². The van der Waals surface area contributed by atoms with Gasteiger partial charge in [-0.05, 0) is 42.3 Å². The maximum Gasteiger partial charge on any atom is 0.323 e. The topological polar surface area (TPSA) is 66.8 Å². The minimum absolute atomic E-state index is 0.103. The number of nitrogens with zero attached hydrogens (tertiary/aromatic N) is 1. The molecule has 1 atom stereocenters. The van der Waals surface area contributed by atoms with Crippen molar-refractivity contribution in [1.29, 1.82) is 0 Å². The number of ether oxygens (including phenoxy) is 1. The third-order valence-corrected chi connectivity index (χ3v) is 3.91. The second kappa shape index (κ2) is 8.28. The lowest BCUT2D eigenvalue weighted by atomic mass is 9.99. The molecule has 6 heteroatoms. The summed E-state index contributed by atoms with van der Waals surface area (Å²) in [6, 6.07) is 12.7. The number of halogens is 1. The molecule has 2 aromatic rings. The van der Waals surface area contributed by atoms with Crippen molar-refractivity contribution >= 4 is 11.9 Å². The van der Waals surface area contributed by atoms with Gasteiger partial charge in [-0.25, -0.2) is 4.39 Å². The van der Waals surface area contributed by atoms with Gasteiger partial charge in [0, 0.05) is 6.54 Å². The first kappa shape index (κ1) is 18.4. The van der Waals surface area contributed by atoms with Gasteiger partial charge in [-0.3, -0.25) is 9.59 Å². The highest BCUT2D eigenvalue weighted by atomic mass is 19.1. The van der Waals surface area contributed by atoms with Gasteiger partial charge in [0.05, 0.1) is 13.0 Å². The van der Waals surface area contributed by atoms with Crippen LogP contribution in [0.2, 0.25) is 0 Å². The highest BCUT2D eigenvalue weighted by Gasteiger charge is 2.24. The number of benzene rings is 2. The molecule has 2 rings (SSSR count). The molecular weight excluding hydrogens is 325 g/mol. The number of carboxylic acids is 1. The number of carbonyl (C=O) groups excluding carboxylic acids is 1. The summed E-state index contributed by atoms with van der Waals surface area (Å²) in [6.45, 7) is 1.41. The lowest BCUT2D eigenvalue weighted by Gasteiger charge is -2.24. The van der Waals surface area contributed by atoms with Crippen LogP contribution in [0.15, 0.2) is 48.5 Å². The number of carboxylic acid groups (broad SMARTS) is 1. The van der Waals surface area contributed by atoms with E-state index >= 15 is 0 Å². The summed E-state index contributed by atoms with van der Waals surface area (Å²) in [5.74, 6) is -1.62. The van der Waals surface area contributed by atoms with Crippen molar-refractivity contribution in [3.05, 3.63) is 65.5 Å². The summed E-state index contributed by atoms with van der Waals surface area (Å²) in [5, 5.41) is 9.11. The molecule has 0 aliphatic carbocycles. The van der Waals surface area contributed by atoms with Gasteiger partial charge >= 0.3 is 5.97 Å². The third kappa shape index (κ3) is 5.04. The van der Waals surface area contributed by atoms with Crippen molar-refractivity contribution in [3.8, 4) is 5.75 Å². The largest absolute Gasteiger partial charge is 0.497 e. The van der Waals surface area contributed by atoms with Gasteiger partial charge in [0.1, 0.15) is 18.1 Å². The highest BCUT2D eigenvalue weighted by molar-refractivity contribution is 5.86. The standard InChI is InChI=1S/C19H20FNO4/c1-13(15-5-9-17(25-2)10-6-15)19(24)21(12-18(22)23)11-14-3-7-16(20)8-4-14/h3-10,13H,11-12H2,1-2H3,(H,22,23). The Morgan fingerprint density at radius 1 is 1.12 bits per heavy atom. The zero-order chi connectivity index (χ0) is 18.4. The molecule has 132 valence electrons. The number of aliphatic carboxylic acids is 1. The van der Waals surface area contributed by atoms with Crippen LogP contribution in [0.25, 0.3) is 0 Å². The van der Waals surface area contributed by atoms with Gasteiger partial charge in [-0.1, -0.05) is 24.3 Å². The SMILES string of the molecule is COc1ccc(C(C)C(=O)N(CC(=O)O)Cc2ccc(F)cc2)cc1. The quantitative estimate of drug-likeness (QED) is 0.837. The lowest BCUT2D eigenvalue weighted by molar-refractivity contribution is -0.145. The number of hydrogen-bond acceptors (Lipinski definition) is 3. The summed E-state index contributed by atoms with van der Waals surface area (Å²) in [7, 11) is 1.56. The second-order valence-electron chi connectivity index (χ2n) is 5.71. The van der Waals surface area contributed by atoms with Gasteiger partial charge in [0.25, 0.3) is 0 Å². The van der Waals surface area contributed by atoms with E-state index in [0.29, 0.717) is 11.3 Å². The highest BCUT2D eigenvalue weighted by Crippen LogP contribution is 2.22. The molecule has 0 saturated carbocycles. The van der Waals surface area contributed by atoms with Crippen molar-refractivity contribution in [2.24, 2.45) is 0 Å². The molecule has 0 saturated heterocycles. The molecule has 0 fully saturated rings. The molecule has 0 bridgehead atoms. The van der Waals surface area contributed by atoms with Crippen LogP contribution in [0, 0.1) is 5.82 Å². The fourth-order valence-corrected chi connectivity index (χ4v) is 2.49. The van der Waals surface area contributed by atoms with E-state index < -0.39 is 18.4 Å². The molecule has 0 aromatic heterocycles. The van der Waals surface area contributed by atoms with Crippen molar-refractivity contribution in [3.63, 3.8) is 0 Å². The third-order valence-electron chi connectivity index (χ3n) is 3.91. The van der Waals surface area contributed by atoms with Crippen LogP contribution in [-0.2, 0) is 16.1 Å². The van der Waals surface area contributed by atoms with Crippen molar-refractivity contribution in [2.45, 2.75) is 19.4 Å². The molecule has 0 radical (unpaired) electrons. The fraction of sp³-hybridized carbons (Fsp3) is 0.263. The molecule has 0 aliphatic rings. The Hall–Kier alpha value is -2.89. The maximum absolute atomic E-state index is 13.0. The summed E-state index contributed by atoms with van der Waals surface area (Å²) < 4.78 is 18.1. The summed E-state index contributed by atoms with van der Waals surface area (Å²) in [4.78, 5) is 25.1. The van der Waals surface area contributed by atoms with Gasteiger partial charge < -0.3 is 14.7 Å². The van der Waals surface area contributed by atoms with E-state index in [1.54, 1.807) is 38.3 Å². The van der Waals surface area contributed by atoms with Crippen molar-refractivity contribution in [1.82, 2.24) is 4.90 Å². The minimum Gasteiger partial charge on any atom is -0.497 e. The van der Waals surface area contributed by atoms with Crippen LogP contribution in [0.1, 0.15) is 24.0 Å². The predicted molar refractivity (Wildman–Crippen MR) is 90.9 cm³/mol. The molecule has 1 N–H and O–H groups in total. The number of methoxy groups -OCH3 is 1. The number of hydrogen-bond donors (Lipinski definition) is 1. The number of amides is 1. The second-order valence-corrected chi connectivity index (χ2v) is 5.71. The van der Waals surface area contributed by atoms with Gasteiger partial charge in [-0.15, -0.1) is 0 Å². The van der Waals surface area contributed by atoms with E-state index in [0.717, 1.165) is 5.56 Å². The van der Waals surface area contributed by atoms with E-state index in [1.165, 1.54) is 29.2 Å². The first-order valence-corrected chi connectivity index (χ1v) is 7.79. The Morgan fingerprint density at radius 2 is 1.72 bits per heavy atom. The summed E-state index contributed by atoms with van der Waals surface area (Å²) in [6.07, 6.45) is 0. The van der Waals surface area contributed by atoms with Crippen LogP contribution in [-0.4, -0.2) is 35.5 Å². The molecular formula is C19H20FNO4. The number of rotatable bonds is 7. The van der Waals surface area contributed by atoms with Gasteiger partial charge in [-0.2, -0.15) is 0 Å². The summed E-state index contributed by atoms with van der Waals surface area (Å²) >= 11 is 0. The molecule has 0 heterocycles. The molecule has 1 amide bonds. The first-order chi connectivity index (χ1) is 11.9. The van der Waals surface area contributed by atoms with E-state index in [-0.39, 0.29) is 18.3 Å². The van der Waals surface area contributed by atoms with Crippen LogP contribution in [0.3, 0.4) is 0 Å². The van der Waals surface area contributed by atoms with E-state index in [4.69, 9.17) is 9.84 Å². The average Bonchev–Trinajstić information content (AvgIpc) is 2.61. The van der Waals surface area contributed by atoms with Crippen LogP contribution >= 0.6 is 0 Å². The zero-order valence-corrected chi connectivity index (χ0v) is 14.1. The molecule has 0 spiro atoms. The Bertz CT molecular complexity index is 728. The Morgan fingerprint density at radius 3 is 2.24 bits per heavy atom. The molecule has 5 nitrogen and oxygen atoms in total. The fourth-order valence-electron chi connectivity index (χ4n) is 2.49. The Balaban J connectivity index is 2.18. The smallest absolute Gasteiger partial charge is 0.323 e. The Labute approximate surface area is 145 Å². The predicted octanol–water partition coefficient (Wildman–Crippen LogP) is 3.05. The van der Waals surface area contributed by atoms with Crippen LogP contribution < -0.4 is 4.74 Å². The van der Waals surface area contributed by atoms with Gasteiger partial charge in [0.15, 0.2) is 0 Å². The van der Waals surface area contributed by atoms with E-state index in [9.17, 15) is 14.0 Å². The zero-order valence-electron chi connectivity index (χ0n) is 14.1. The lowest BCUT2D eigenvalue weighted by Crippen LogP contribution is -2.37. The van der Waals surface area contributed by atoms with Crippen molar-refractivity contribution in [2.75, 3.05) is 13.7 Å². The monoisotopic (exact) mass is 345 g/mol. The Kier molecular flexibility index (Phi) is 6.11. The van der Waals surface area contributed by atoms with Gasteiger partial charge in [0.2, 0.25) is 5.91 Å². The van der Waals surface area contributed by atoms with E-state index in [2.05, 4.69) is 0 Å². The normalized spacial score (nSPS) is 11.6. The average molecular weight is 345 g/mol. The van der Waals surface area contributed by atoms with Crippen LogP contribution in [0.4, 0.5) is 4.39 Å². The first-order valence-electron chi connectivity index (χ1n) is 7.79. The molecule has 2 aromatic carbocycles. The maximum atomic E-state index is 13.0. The summed E-state index contributed by atoms with van der Waals surface area (Å²) in [5.41, 5.74) is 1.43. The molecule has 1 unspecified atom stereocenters.